The third-order valence-electron chi connectivity index (χ3n) is 5.75. The van der Waals surface area contributed by atoms with Crippen molar-refractivity contribution >= 4 is 23.7 Å². The topological polar surface area (TPSA) is 160 Å². The molecular weight excluding hydrogens is 438 g/mol. The Balaban J connectivity index is 1.74. The monoisotopic (exact) mass is 475 g/mol. The van der Waals surface area contributed by atoms with Crippen LogP contribution in [-0.4, -0.2) is 66.0 Å². The highest BCUT2D eigenvalue weighted by molar-refractivity contribution is 5.85. The molecule has 34 heavy (non-hydrogen) atoms. The SMILES string of the molecule is NC(N)=NCCCCCC(=O)NC[C@@H]1C[C@@H](CC(=O)O)C(=O)N1CCCCOc1ccccc1. The van der Waals surface area contributed by atoms with Crippen molar-refractivity contribution in [1.82, 2.24) is 10.2 Å². The Morgan fingerprint density at radius 1 is 1.12 bits per heavy atom. The molecule has 0 saturated carbocycles. The molecule has 10 heteroatoms. The van der Waals surface area contributed by atoms with Crippen LogP contribution in [0.4, 0.5) is 0 Å². The average Bonchev–Trinajstić information content (AvgIpc) is 3.08. The number of ether oxygens (including phenoxy) is 1. The summed E-state index contributed by atoms with van der Waals surface area (Å²) in [4.78, 5) is 41.8. The van der Waals surface area contributed by atoms with Gasteiger partial charge in [0.2, 0.25) is 11.8 Å². The lowest BCUT2D eigenvalue weighted by Gasteiger charge is -2.25. The number of nitrogens with one attached hydrogen (secondary N) is 1. The highest BCUT2D eigenvalue weighted by Crippen LogP contribution is 2.27. The van der Waals surface area contributed by atoms with Crippen molar-refractivity contribution in [1.29, 1.82) is 0 Å². The number of carbonyl (C=O) groups excluding carboxylic acids is 2. The standard InChI is InChI=1S/C24H37N5O5/c25-24(26)27-12-6-2-5-11-21(30)28-17-19-15-18(16-22(31)32)23(33)29(19)13-7-8-14-34-20-9-3-1-4-10-20/h1,3-4,9-10,18-19H,2,5-8,11-17H2,(H,28,30)(H,31,32)(H4,25,26,27)/t18-,19-/m0/s1. The van der Waals surface area contributed by atoms with Crippen LogP contribution in [0.1, 0.15) is 51.4 Å². The first-order valence-corrected chi connectivity index (χ1v) is 11.9. The number of nitrogens with zero attached hydrogens (tertiary/aromatic N) is 2. The maximum atomic E-state index is 12.8. The van der Waals surface area contributed by atoms with Gasteiger partial charge in [-0.25, -0.2) is 0 Å². The van der Waals surface area contributed by atoms with Crippen LogP contribution < -0.4 is 21.5 Å². The zero-order valence-corrected chi connectivity index (χ0v) is 19.7. The highest BCUT2D eigenvalue weighted by atomic mass is 16.5. The second-order valence-corrected chi connectivity index (χ2v) is 8.51. The van der Waals surface area contributed by atoms with E-state index in [9.17, 15) is 14.4 Å². The number of aliphatic carboxylic acids is 1. The summed E-state index contributed by atoms with van der Waals surface area (Å²) in [5.74, 6) is -0.885. The van der Waals surface area contributed by atoms with Crippen LogP contribution in [0, 0.1) is 5.92 Å². The number of amides is 2. The number of carboxylic acid groups (broad SMARTS) is 1. The molecule has 1 aromatic carbocycles. The Morgan fingerprint density at radius 3 is 2.59 bits per heavy atom. The maximum absolute atomic E-state index is 12.8. The zero-order valence-electron chi connectivity index (χ0n) is 19.7. The van der Waals surface area contributed by atoms with Crippen LogP contribution in [0.25, 0.3) is 0 Å². The van der Waals surface area contributed by atoms with Crippen LogP contribution in [0.3, 0.4) is 0 Å². The molecule has 1 fully saturated rings. The lowest BCUT2D eigenvalue weighted by molar-refractivity contribution is -0.142. The minimum Gasteiger partial charge on any atom is -0.494 e. The molecule has 0 radical (unpaired) electrons. The van der Waals surface area contributed by atoms with E-state index in [0.717, 1.165) is 37.9 Å². The maximum Gasteiger partial charge on any atom is 0.304 e. The minimum atomic E-state index is -0.986. The number of aliphatic imine (C=N–C) groups is 1. The highest BCUT2D eigenvalue weighted by Gasteiger charge is 2.39. The number of likely N-dealkylation sites (tertiary alicyclic amines) is 1. The molecule has 1 aliphatic rings. The molecule has 0 unspecified atom stereocenters. The average molecular weight is 476 g/mol. The number of nitrogens with two attached hydrogens (primary N) is 2. The number of guanidine groups is 1. The number of rotatable bonds is 16. The van der Waals surface area contributed by atoms with Gasteiger partial charge in [-0.05, 0) is 44.2 Å². The molecule has 0 aliphatic carbocycles. The molecule has 0 bridgehead atoms. The predicted molar refractivity (Wildman–Crippen MR) is 129 cm³/mol. The van der Waals surface area contributed by atoms with Crippen LogP contribution in [0.2, 0.25) is 0 Å². The summed E-state index contributed by atoms with van der Waals surface area (Å²) in [5.41, 5.74) is 10.6. The van der Waals surface area contributed by atoms with Gasteiger partial charge in [0, 0.05) is 32.1 Å². The fraction of sp³-hybridized carbons (Fsp3) is 0.583. The van der Waals surface area contributed by atoms with E-state index in [1.165, 1.54) is 0 Å². The second-order valence-electron chi connectivity index (χ2n) is 8.51. The molecule has 1 saturated heterocycles. The van der Waals surface area contributed by atoms with Crippen molar-refractivity contribution in [3.63, 3.8) is 0 Å². The lowest BCUT2D eigenvalue weighted by atomic mass is 10.0. The summed E-state index contributed by atoms with van der Waals surface area (Å²) in [6, 6.07) is 9.33. The molecule has 1 aromatic rings. The third-order valence-corrected chi connectivity index (χ3v) is 5.75. The van der Waals surface area contributed by atoms with Gasteiger partial charge in [0.25, 0.3) is 0 Å². The fourth-order valence-electron chi connectivity index (χ4n) is 4.03. The zero-order chi connectivity index (χ0) is 24.8. The van der Waals surface area contributed by atoms with Crippen LogP contribution >= 0.6 is 0 Å². The summed E-state index contributed by atoms with van der Waals surface area (Å²) in [5, 5.41) is 12.1. The molecule has 0 aromatic heterocycles. The summed E-state index contributed by atoms with van der Waals surface area (Å²) in [7, 11) is 0. The van der Waals surface area contributed by atoms with E-state index in [4.69, 9.17) is 21.3 Å². The Bertz CT molecular complexity index is 813. The largest absolute Gasteiger partial charge is 0.494 e. The fourth-order valence-corrected chi connectivity index (χ4v) is 4.03. The van der Waals surface area contributed by atoms with Gasteiger partial charge in [-0.15, -0.1) is 0 Å². The number of unbranched alkanes of at least 4 members (excludes halogenated alkanes) is 3. The molecule has 2 atom stereocenters. The second kappa shape index (κ2) is 14.8. The van der Waals surface area contributed by atoms with E-state index in [2.05, 4.69) is 10.3 Å². The van der Waals surface area contributed by atoms with Crippen molar-refractivity contribution in [3.05, 3.63) is 30.3 Å². The van der Waals surface area contributed by atoms with Gasteiger partial charge in [0.1, 0.15) is 5.75 Å². The van der Waals surface area contributed by atoms with Crippen molar-refractivity contribution in [3.8, 4) is 5.75 Å². The Labute approximate surface area is 200 Å². The lowest BCUT2D eigenvalue weighted by Crippen LogP contribution is -2.42. The predicted octanol–water partition coefficient (Wildman–Crippen LogP) is 1.49. The van der Waals surface area contributed by atoms with Crippen molar-refractivity contribution in [2.24, 2.45) is 22.4 Å². The first-order valence-electron chi connectivity index (χ1n) is 11.9. The van der Waals surface area contributed by atoms with E-state index in [0.29, 0.717) is 39.1 Å². The first kappa shape index (κ1) is 26.9. The van der Waals surface area contributed by atoms with Gasteiger partial charge >= 0.3 is 5.97 Å². The molecule has 1 aliphatic heterocycles. The summed E-state index contributed by atoms with van der Waals surface area (Å²) in [6.45, 7) is 1.92. The van der Waals surface area contributed by atoms with Crippen molar-refractivity contribution in [2.45, 2.75) is 57.4 Å². The summed E-state index contributed by atoms with van der Waals surface area (Å²) in [6.07, 6.45) is 4.50. The molecule has 10 nitrogen and oxygen atoms in total. The summed E-state index contributed by atoms with van der Waals surface area (Å²) < 4.78 is 5.69. The normalized spacial score (nSPS) is 17.4. The molecule has 6 N–H and O–H groups in total. The van der Waals surface area contributed by atoms with E-state index in [1.54, 1.807) is 4.90 Å². The molecular formula is C24H37N5O5. The van der Waals surface area contributed by atoms with Crippen LogP contribution in [0.5, 0.6) is 5.75 Å². The quantitative estimate of drug-likeness (QED) is 0.160. The number of benzene rings is 1. The molecule has 0 spiro atoms. The third kappa shape index (κ3) is 10.1. The van der Waals surface area contributed by atoms with Crippen molar-refractivity contribution in [2.75, 3.05) is 26.2 Å². The smallest absolute Gasteiger partial charge is 0.304 e. The molecule has 2 rings (SSSR count). The number of carboxylic acids is 1. The van der Waals surface area contributed by atoms with Crippen LogP contribution in [-0.2, 0) is 14.4 Å². The molecule has 188 valence electrons. The van der Waals surface area contributed by atoms with Gasteiger partial charge < -0.3 is 31.5 Å². The number of para-hydroxylation sites is 1. The molecule has 2 amide bonds. The van der Waals surface area contributed by atoms with Gasteiger partial charge in [0.15, 0.2) is 5.96 Å². The number of carbonyl (C=O) groups is 3. The van der Waals surface area contributed by atoms with Gasteiger partial charge in [0.05, 0.1) is 18.9 Å². The summed E-state index contributed by atoms with van der Waals surface area (Å²) >= 11 is 0. The number of hydrogen-bond donors (Lipinski definition) is 4. The van der Waals surface area contributed by atoms with Crippen LogP contribution in [0.15, 0.2) is 35.3 Å². The van der Waals surface area contributed by atoms with E-state index >= 15 is 0 Å². The van der Waals surface area contributed by atoms with E-state index in [1.807, 2.05) is 30.3 Å². The Morgan fingerprint density at radius 2 is 1.88 bits per heavy atom. The van der Waals surface area contributed by atoms with Gasteiger partial charge in [-0.1, -0.05) is 24.6 Å². The minimum absolute atomic E-state index is 0.0679. The van der Waals surface area contributed by atoms with E-state index < -0.39 is 11.9 Å². The number of hydrogen-bond acceptors (Lipinski definition) is 5. The Hall–Kier alpha value is -3.30. The van der Waals surface area contributed by atoms with E-state index in [-0.39, 0.29) is 30.2 Å². The Kier molecular flexibility index (Phi) is 11.7. The first-order chi connectivity index (χ1) is 16.4. The van der Waals surface area contributed by atoms with Crippen molar-refractivity contribution < 1.29 is 24.2 Å². The molecule has 1 heterocycles. The van der Waals surface area contributed by atoms with Gasteiger partial charge in [-0.3, -0.25) is 19.4 Å². The van der Waals surface area contributed by atoms with Gasteiger partial charge in [-0.2, -0.15) is 0 Å².